The summed E-state index contributed by atoms with van der Waals surface area (Å²) >= 11 is 0. The molecule has 2 rings (SSSR count). The first-order chi connectivity index (χ1) is 6.22. The normalized spacial score (nSPS) is 14.2. The maximum absolute atomic E-state index is 11.1. The molecule has 0 N–H and O–H groups in total. The Hall–Kier alpha value is -1.62. The molecule has 13 heavy (non-hydrogen) atoms. The van der Waals surface area contributed by atoms with Crippen molar-refractivity contribution in [3.05, 3.63) is 29.3 Å². The molecule has 0 radical (unpaired) electrons. The molecule has 0 aliphatic carbocycles. The van der Waals surface area contributed by atoms with Gasteiger partial charge >= 0.3 is 11.9 Å². The Kier molecular flexibility index (Phi) is 1.66. The molecule has 0 atom stereocenters. The van der Waals surface area contributed by atoms with E-state index in [1.165, 1.54) is 12.1 Å². The third-order valence-corrected chi connectivity index (χ3v) is 2.32. The van der Waals surface area contributed by atoms with Gasteiger partial charge < -0.3 is 9.16 Å². The van der Waals surface area contributed by atoms with Gasteiger partial charge in [0.05, 0.1) is 11.1 Å². The first-order valence-corrected chi connectivity index (χ1v) is 4.48. The van der Waals surface area contributed by atoms with Crippen LogP contribution in [0.2, 0.25) is 0 Å². The van der Waals surface area contributed by atoms with Gasteiger partial charge in [0.15, 0.2) is 0 Å². The molecule has 1 aromatic carbocycles. The average molecular weight is 194 g/mol. The lowest BCUT2D eigenvalue weighted by atomic mass is 10.1. The van der Waals surface area contributed by atoms with Gasteiger partial charge in [-0.3, -0.25) is 0 Å². The molecule has 0 spiro atoms. The lowest BCUT2D eigenvalue weighted by Gasteiger charge is -1.99. The third kappa shape index (κ3) is 1.13. The second kappa shape index (κ2) is 2.70. The van der Waals surface area contributed by atoms with Crippen LogP contribution in [0.5, 0.6) is 5.75 Å². The number of ether oxygens (including phenoxy) is 1. The van der Waals surface area contributed by atoms with Gasteiger partial charge in [0.1, 0.15) is 5.75 Å². The lowest BCUT2D eigenvalue weighted by Crippen LogP contribution is -1.96. The van der Waals surface area contributed by atoms with E-state index in [0.717, 1.165) is 0 Å². The summed E-state index contributed by atoms with van der Waals surface area (Å²) < 4.78 is 9.45. The second-order valence-electron chi connectivity index (χ2n) is 2.59. The van der Waals surface area contributed by atoms with Gasteiger partial charge in [0.2, 0.25) is 10.5 Å². The van der Waals surface area contributed by atoms with E-state index in [0.29, 0.717) is 27.4 Å². The van der Waals surface area contributed by atoms with Crippen molar-refractivity contribution in [1.29, 1.82) is 0 Å². The second-order valence-corrected chi connectivity index (χ2v) is 3.00. The number of hydrogen-bond donors (Lipinski definition) is 0. The minimum absolute atomic E-state index is 0.290. The summed E-state index contributed by atoms with van der Waals surface area (Å²) in [4.78, 5) is 22.1. The van der Waals surface area contributed by atoms with Crippen LogP contribution in [0, 0.1) is 0 Å². The van der Waals surface area contributed by atoms with Crippen LogP contribution < -0.4 is 4.43 Å². The standard InChI is InChI=1S/C8H6O4Si/c9-7-5-2-1-4(12-13)3-6(5)8(10)11-7/h1-3H,13H3. The fourth-order valence-electron chi connectivity index (χ4n) is 1.19. The van der Waals surface area contributed by atoms with Crippen molar-refractivity contribution in [3.63, 3.8) is 0 Å². The van der Waals surface area contributed by atoms with Gasteiger partial charge in [0, 0.05) is 0 Å². The highest BCUT2D eigenvalue weighted by Gasteiger charge is 2.29. The van der Waals surface area contributed by atoms with Crippen LogP contribution in [-0.4, -0.2) is 22.4 Å². The number of hydrogen-bond acceptors (Lipinski definition) is 4. The van der Waals surface area contributed by atoms with E-state index in [9.17, 15) is 9.59 Å². The molecule has 0 aromatic heterocycles. The van der Waals surface area contributed by atoms with Crippen molar-refractivity contribution < 1.29 is 18.8 Å². The lowest BCUT2D eigenvalue weighted by molar-refractivity contribution is 0.0443. The molecular weight excluding hydrogens is 188 g/mol. The third-order valence-electron chi connectivity index (χ3n) is 1.85. The summed E-state index contributed by atoms with van der Waals surface area (Å²) in [5.41, 5.74) is 0.603. The number of esters is 2. The summed E-state index contributed by atoms with van der Waals surface area (Å²) in [6.45, 7) is 0. The molecule has 66 valence electrons. The number of fused-ring (bicyclic) bond motifs is 1. The maximum atomic E-state index is 11.1. The van der Waals surface area contributed by atoms with Gasteiger partial charge in [-0.05, 0) is 18.2 Å². The zero-order valence-corrected chi connectivity index (χ0v) is 8.87. The summed E-state index contributed by atoms with van der Waals surface area (Å²) in [5.74, 6) is -0.586. The SMILES string of the molecule is O=C1OC(=O)c2cc(O[SiH3])ccc21. The predicted octanol–water partition coefficient (Wildman–Crippen LogP) is -0.344. The molecule has 1 aliphatic rings. The number of cyclic esters (lactones) is 2. The van der Waals surface area contributed by atoms with E-state index in [1.807, 2.05) is 0 Å². The van der Waals surface area contributed by atoms with E-state index in [4.69, 9.17) is 4.43 Å². The highest BCUT2D eigenvalue weighted by atomic mass is 28.2. The Morgan fingerprint density at radius 2 is 1.85 bits per heavy atom. The Morgan fingerprint density at radius 3 is 2.54 bits per heavy atom. The smallest absolute Gasteiger partial charge is 0.347 e. The minimum atomic E-state index is -0.597. The van der Waals surface area contributed by atoms with Crippen LogP contribution in [0.1, 0.15) is 20.7 Å². The average Bonchev–Trinajstić information content (AvgIpc) is 2.42. The van der Waals surface area contributed by atoms with Crippen LogP contribution in [0.4, 0.5) is 0 Å². The summed E-state index contributed by atoms with van der Waals surface area (Å²) in [6, 6.07) is 4.71. The Balaban J connectivity index is 2.58. The number of carbonyl (C=O) groups is 2. The summed E-state index contributed by atoms with van der Waals surface area (Å²) in [6.07, 6.45) is 0. The molecule has 1 heterocycles. The monoisotopic (exact) mass is 194 g/mol. The maximum Gasteiger partial charge on any atom is 0.347 e. The first-order valence-electron chi connectivity index (χ1n) is 3.67. The van der Waals surface area contributed by atoms with E-state index >= 15 is 0 Å². The van der Waals surface area contributed by atoms with Crippen molar-refractivity contribution >= 4 is 22.4 Å². The van der Waals surface area contributed by atoms with Crippen molar-refractivity contribution in [2.45, 2.75) is 0 Å². The van der Waals surface area contributed by atoms with Gasteiger partial charge in [0.25, 0.3) is 0 Å². The molecule has 1 aliphatic heterocycles. The topological polar surface area (TPSA) is 52.6 Å². The zero-order chi connectivity index (χ0) is 9.42. The van der Waals surface area contributed by atoms with Gasteiger partial charge in [-0.25, -0.2) is 9.59 Å². The fraction of sp³-hybridized carbons (Fsp3) is 0. The van der Waals surface area contributed by atoms with Crippen LogP contribution >= 0.6 is 0 Å². The molecule has 0 unspecified atom stereocenters. The zero-order valence-electron chi connectivity index (χ0n) is 6.87. The molecular formula is C8H6O4Si. The molecule has 0 saturated carbocycles. The first kappa shape index (κ1) is 8.00. The Morgan fingerprint density at radius 1 is 1.15 bits per heavy atom. The molecule has 5 heteroatoms. The van der Waals surface area contributed by atoms with Crippen LogP contribution in [-0.2, 0) is 4.74 Å². The van der Waals surface area contributed by atoms with E-state index in [1.54, 1.807) is 6.07 Å². The van der Waals surface area contributed by atoms with Crippen molar-refractivity contribution in [1.82, 2.24) is 0 Å². The molecule has 1 aromatic rings. The number of carbonyl (C=O) groups excluding carboxylic acids is 2. The van der Waals surface area contributed by atoms with Gasteiger partial charge in [-0.2, -0.15) is 0 Å². The summed E-state index contributed by atoms with van der Waals surface area (Å²) in [5, 5.41) is 0. The van der Waals surface area contributed by atoms with Crippen LogP contribution in [0.3, 0.4) is 0 Å². The molecule has 0 fully saturated rings. The summed E-state index contributed by atoms with van der Waals surface area (Å²) in [7, 11) is 0.546. The highest BCUT2D eigenvalue weighted by molar-refractivity contribution is 6.15. The van der Waals surface area contributed by atoms with Crippen molar-refractivity contribution in [2.24, 2.45) is 0 Å². The largest absolute Gasteiger partial charge is 0.553 e. The van der Waals surface area contributed by atoms with E-state index in [2.05, 4.69) is 4.74 Å². The van der Waals surface area contributed by atoms with Gasteiger partial charge in [-0.1, -0.05) is 0 Å². The molecule has 4 nitrogen and oxygen atoms in total. The Bertz CT molecular complexity index is 399. The van der Waals surface area contributed by atoms with Crippen molar-refractivity contribution in [3.8, 4) is 5.75 Å². The van der Waals surface area contributed by atoms with Crippen molar-refractivity contribution in [2.75, 3.05) is 0 Å². The number of rotatable bonds is 1. The molecule has 0 saturated heterocycles. The van der Waals surface area contributed by atoms with E-state index in [-0.39, 0.29) is 0 Å². The molecule has 0 amide bonds. The van der Waals surface area contributed by atoms with Crippen LogP contribution in [0.25, 0.3) is 0 Å². The Labute approximate surface area is 77.0 Å². The predicted molar refractivity (Wildman–Crippen MR) is 46.8 cm³/mol. The molecule has 0 bridgehead atoms. The highest BCUT2D eigenvalue weighted by Crippen LogP contribution is 2.24. The quantitative estimate of drug-likeness (QED) is 0.348. The number of benzene rings is 1. The minimum Gasteiger partial charge on any atom is -0.553 e. The fourth-order valence-corrected chi connectivity index (χ4v) is 1.45. The van der Waals surface area contributed by atoms with Gasteiger partial charge in [-0.15, -0.1) is 0 Å². The van der Waals surface area contributed by atoms with E-state index < -0.39 is 11.9 Å². The van der Waals surface area contributed by atoms with Crippen LogP contribution in [0.15, 0.2) is 18.2 Å².